The highest BCUT2D eigenvalue weighted by Crippen LogP contribution is 2.41. The molecule has 1 aromatic rings. The van der Waals surface area contributed by atoms with Crippen LogP contribution in [-0.4, -0.2) is 82.4 Å². The van der Waals surface area contributed by atoms with Crippen molar-refractivity contribution in [2.75, 3.05) is 45.9 Å². The molecule has 1 aliphatic carbocycles. The van der Waals surface area contributed by atoms with Gasteiger partial charge in [0.1, 0.15) is 0 Å². The molecule has 132 valence electrons. The lowest BCUT2D eigenvalue weighted by atomic mass is 9.77. The van der Waals surface area contributed by atoms with Gasteiger partial charge in [-0.2, -0.15) is 0 Å². The van der Waals surface area contributed by atoms with Gasteiger partial charge in [-0.05, 0) is 24.7 Å². The zero-order valence-corrected chi connectivity index (χ0v) is 14.0. The van der Waals surface area contributed by atoms with Gasteiger partial charge >= 0.3 is 0 Å². The first-order chi connectivity index (χ1) is 11.7. The summed E-state index contributed by atoms with van der Waals surface area (Å²) in [5.41, 5.74) is 0. The van der Waals surface area contributed by atoms with E-state index in [-0.39, 0.29) is 18.1 Å². The molecule has 7 heteroatoms. The quantitative estimate of drug-likeness (QED) is 0.842. The maximum absolute atomic E-state index is 12.6. The van der Waals surface area contributed by atoms with E-state index in [0.29, 0.717) is 18.4 Å². The first-order valence-electron chi connectivity index (χ1n) is 8.94. The molecule has 24 heavy (non-hydrogen) atoms. The van der Waals surface area contributed by atoms with Crippen molar-refractivity contribution in [3.63, 3.8) is 0 Å². The second kappa shape index (κ2) is 6.82. The average Bonchev–Trinajstić information content (AvgIpc) is 3.24. The minimum absolute atomic E-state index is 0.0862. The molecule has 0 spiro atoms. The van der Waals surface area contributed by atoms with Crippen LogP contribution in [-0.2, 0) is 9.53 Å². The van der Waals surface area contributed by atoms with Gasteiger partial charge in [-0.15, -0.1) is 0 Å². The van der Waals surface area contributed by atoms with E-state index >= 15 is 0 Å². The van der Waals surface area contributed by atoms with Crippen LogP contribution in [0.3, 0.4) is 0 Å². The summed E-state index contributed by atoms with van der Waals surface area (Å²) < 4.78 is 7.35. The topological polar surface area (TPSA) is 70.8 Å². The Kier molecular flexibility index (Phi) is 4.56. The Hall–Kier alpha value is -1.44. The molecule has 3 heterocycles. The van der Waals surface area contributed by atoms with Crippen LogP contribution in [0.25, 0.3) is 0 Å². The number of rotatable bonds is 3. The van der Waals surface area contributed by atoms with Crippen LogP contribution < -0.4 is 0 Å². The number of carbonyl (C=O) groups is 1. The molecule has 4 atom stereocenters. The molecule has 1 aromatic heterocycles. The molecular weight excluding hydrogens is 308 g/mol. The van der Waals surface area contributed by atoms with Crippen LogP contribution in [0.15, 0.2) is 18.7 Å². The number of amides is 1. The number of ether oxygens (including phenoxy) is 1. The van der Waals surface area contributed by atoms with Gasteiger partial charge in [-0.25, -0.2) is 4.98 Å². The average molecular weight is 334 g/mol. The third-order valence-corrected chi connectivity index (χ3v) is 5.83. The highest BCUT2D eigenvalue weighted by molar-refractivity contribution is 5.78. The van der Waals surface area contributed by atoms with E-state index in [1.165, 1.54) is 0 Å². The van der Waals surface area contributed by atoms with E-state index < -0.39 is 0 Å². The number of hydrogen-bond acceptors (Lipinski definition) is 5. The molecule has 1 amide bonds. The van der Waals surface area contributed by atoms with Gasteiger partial charge in [0.15, 0.2) is 0 Å². The summed E-state index contributed by atoms with van der Waals surface area (Å²) in [6.07, 6.45) is 6.80. The Labute approximate surface area is 142 Å². The Morgan fingerprint density at radius 2 is 1.96 bits per heavy atom. The Morgan fingerprint density at radius 1 is 1.21 bits per heavy atom. The van der Waals surface area contributed by atoms with Crippen LogP contribution in [0, 0.1) is 11.8 Å². The molecule has 3 fully saturated rings. The fraction of sp³-hybridized carbons (Fsp3) is 0.765. The van der Waals surface area contributed by atoms with Crippen molar-refractivity contribution in [3.8, 4) is 0 Å². The maximum Gasteiger partial charge on any atom is 0.236 e. The monoisotopic (exact) mass is 334 g/mol. The van der Waals surface area contributed by atoms with Crippen molar-refractivity contribution < 1.29 is 14.6 Å². The number of nitrogens with zero attached hydrogens (tertiary/aromatic N) is 4. The summed E-state index contributed by atoms with van der Waals surface area (Å²) in [7, 11) is 0. The molecule has 2 aliphatic heterocycles. The number of hydrogen-bond donors (Lipinski definition) is 1. The van der Waals surface area contributed by atoms with Gasteiger partial charge < -0.3 is 19.3 Å². The zero-order valence-electron chi connectivity index (χ0n) is 14.0. The van der Waals surface area contributed by atoms with Crippen LogP contribution in [0.2, 0.25) is 0 Å². The standard InChI is InChI=1S/C17H26N4O3/c22-16-8-14-10-21(17(23)11-19-3-5-24-6-4-19)9-13(14)7-15(16)20-2-1-18-12-20/h1-2,12-16,22H,3-11H2/t13-,14+,15-,16-/m1/s1. The number of carbonyl (C=O) groups excluding carboxylic acids is 1. The zero-order chi connectivity index (χ0) is 16.5. The lowest BCUT2D eigenvalue weighted by Gasteiger charge is -2.35. The van der Waals surface area contributed by atoms with Crippen molar-refractivity contribution in [2.24, 2.45) is 11.8 Å². The number of aromatic nitrogens is 2. The summed E-state index contributed by atoms with van der Waals surface area (Å²) in [4.78, 5) is 20.9. The van der Waals surface area contributed by atoms with E-state index in [9.17, 15) is 9.90 Å². The number of aliphatic hydroxyl groups excluding tert-OH is 1. The largest absolute Gasteiger partial charge is 0.391 e. The highest BCUT2D eigenvalue weighted by Gasteiger charge is 2.43. The Morgan fingerprint density at radius 3 is 2.67 bits per heavy atom. The number of aliphatic hydroxyl groups is 1. The van der Waals surface area contributed by atoms with E-state index in [4.69, 9.17) is 4.74 Å². The third-order valence-electron chi connectivity index (χ3n) is 5.83. The highest BCUT2D eigenvalue weighted by atomic mass is 16.5. The van der Waals surface area contributed by atoms with Crippen molar-refractivity contribution in [2.45, 2.75) is 25.0 Å². The Balaban J connectivity index is 1.36. The van der Waals surface area contributed by atoms with Crippen molar-refractivity contribution in [1.29, 1.82) is 0 Å². The molecule has 0 radical (unpaired) electrons. The normalized spacial score (nSPS) is 34.3. The first-order valence-corrected chi connectivity index (χ1v) is 8.94. The van der Waals surface area contributed by atoms with Crippen LogP contribution in [0.1, 0.15) is 18.9 Å². The summed E-state index contributed by atoms with van der Waals surface area (Å²) in [6, 6.07) is 0.0862. The van der Waals surface area contributed by atoms with Crippen molar-refractivity contribution in [1.82, 2.24) is 19.4 Å². The summed E-state index contributed by atoms with van der Waals surface area (Å²) in [5, 5.41) is 10.5. The van der Waals surface area contributed by atoms with E-state index in [1.54, 1.807) is 12.5 Å². The molecule has 0 unspecified atom stereocenters. The lowest BCUT2D eigenvalue weighted by Crippen LogP contribution is -2.44. The molecule has 0 bridgehead atoms. The molecule has 2 saturated heterocycles. The van der Waals surface area contributed by atoms with Gasteiger partial charge in [0, 0.05) is 38.6 Å². The van der Waals surface area contributed by atoms with Crippen LogP contribution in [0.4, 0.5) is 0 Å². The van der Waals surface area contributed by atoms with E-state index in [0.717, 1.165) is 52.2 Å². The summed E-state index contributed by atoms with van der Waals surface area (Å²) >= 11 is 0. The lowest BCUT2D eigenvalue weighted by molar-refractivity contribution is -0.132. The molecule has 0 aromatic carbocycles. The van der Waals surface area contributed by atoms with Gasteiger partial charge in [0.25, 0.3) is 0 Å². The number of likely N-dealkylation sites (tertiary alicyclic amines) is 1. The van der Waals surface area contributed by atoms with Gasteiger partial charge in [-0.1, -0.05) is 0 Å². The molecule has 4 rings (SSSR count). The molecule has 7 nitrogen and oxygen atoms in total. The van der Waals surface area contributed by atoms with Crippen molar-refractivity contribution in [3.05, 3.63) is 18.7 Å². The fourth-order valence-electron chi connectivity index (χ4n) is 4.45. The Bertz CT molecular complexity index is 558. The van der Waals surface area contributed by atoms with E-state index in [2.05, 4.69) is 9.88 Å². The first kappa shape index (κ1) is 16.1. The van der Waals surface area contributed by atoms with Gasteiger partial charge in [-0.3, -0.25) is 9.69 Å². The third kappa shape index (κ3) is 3.20. The number of fused-ring (bicyclic) bond motifs is 1. The molecular formula is C17H26N4O3. The van der Waals surface area contributed by atoms with Crippen molar-refractivity contribution >= 4 is 5.91 Å². The second-order valence-corrected chi connectivity index (χ2v) is 7.32. The van der Waals surface area contributed by atoms with Gasteiger partial charge in [0.05, 0.1) is 38.2 Å². The minimum atomic E-state index is -0.352. The number of imidazole rings is 1. The fourth-order valence-corrected chi connectivity index (χ4v) is 4.45. The maximum atomic E-state index is 12.6. The predicted octanol–water partition coefficient (Wildman–Crippen LogP) is -0.0143. The summed E-state index contributed by atoms with van der Waals surface area (Å²) in [6.45, 7) is 5.24. The van der Waals surface area contributed by atoms with Crippen LogP contribution >= 0.6 is 0 Å². The minimum Gasteiger partial charge on any atom is -0.391 e. The smallest absolute Gasteiger partial charge is 0.236 e. The van der Waals surface area contributed by atoms with Gasteiger partial charge in [0.2, 0.25) is 5.91 Å². The second-order valence-electron chi connectivity index (χ2n) is 7.32. The number of morpholine rings is 1. The summed E-state index contributed by atoms with van der Waals surface area (Å²) in [5.74, 6) is 1.13. The van der Waals surface area contributed by atoms with Crippen LogP contribution in [0.5, 0.6) is 0 Å². The molecule has 1 saturated carbocycles. The van der Waals surface area contributed by atoms with E-state index in [1.807, 2.05) is 15.7 Å². The molecule has 3 aliphatic rings. The predicted molar refractivity (Wildman–Crippen MR) is 87.3 cm³/mol. The SMILES string of the molecule is O=C(CN1CCOCC1)N1C[C@H]2C[C@@H](n3ccnc3)[C@H](O)C[C@H]2C1. The molecule has 1 N–H and O–H groups in total.